The van der Waals surface area contributed by atoms with Crippen molar-refractivity contribution in [3.63, 3.8) is 0 Å². The number of benzene rings is 3. The second-order valence-electron chi connectivity index (χ2n) is 8.11. The zero-order valence-electron chi connectivity index (χ0n) is 16.8. The maximum atomic E-state index is 5.02. The summed E-state index contributed by atoms with van der Waals surface area (Å²) in [6.45, 7) is 2.29. The maximum Gasteiger partial charge on any atom is 0.131 e. The first-order valence-electron chi connectivity index (χ1n) is 10.3. The molecule has 0 aromatic heterocycles. The molecular weight excluding hydrogens is 434 g/mol. The number of aliphatic imine (C=N–C) groups is 1. The van der Waals surface area contributed by atoms with Crippen molar-refractivity contribution in [2.24, 2.45) is 10.4 Å². The van der Waals surface area contributed by atoms with Crippen molar-refractivity contribution in [2.75, 3.05) is 0 Å². The van der Waals surface area contributed by atoms with Crippen LogP contribution in [0.25, 0.3) is 12.2 Å². The largest absolute Gasteiger partial charge is 0.354 e. The van der Waals surface area contributed by atoms with Crippen LogP contribution < -0.4 is 21.1 Å². The lowest BCUT2D eigenvalue weighted by Crippen LogP contribution is -2.62. The molecule has 1 aliphatic heterocycles. The summed E-state index contributed by atoms with van der Waals surface area (Å²) >= 11 is 3.96. The van der Waals surface area contributed by atoms with Gasteiger partial charge >= 0.3 is 0 Å². The van der Waals surface area contributed by atoms with Gasteiger partial charge in [0.1, 0.15) is 12.0 Å². The first-order chi connectivity index (χ1) is 14.6. The zero-order valence-corrected chi connectivity index (χ0v) is 18.4. The Morgan fingerprint density at radius 2 is 1.47 bits per heavy atom. The van der Waals surface area contributed by atoms with Crippen molar-refractivity contribution in [3.8, 4) is 0 Å². The number of rotatable bonds is 3. The van der Waals surface area contributed by atoms with Crippen LogP contribution in [0.1, 0.15) is 24.2 Å². The van der Waals surface area contributed by atoms with Crippen LogP contribution in [-0.2, 0) is 0 Å². The lowest BCUT2D eigenvalue weighted by atomic mass is 9.78. The van der Waals surface area contributed by atoms with E-state index in [1.54, 1.807) is 0 Å². The van der Waals surface area contributed by atoms with Crippen LogP contribution in [0.3, 0.4) is 0 Å². The highest BCUT2D eigenvalue weighted by Crippen LogP contribution is 2.37. The van der Waals surface area contributed by atoms with Crippen molar-refractivity contribution in [3.05, 3.63) is 106 Å². The molecule has 0 radical (unpaired) electrons. The van der Waals surface area contributed by atoms with Gasteiger partial charge in [-0.1, -0.05) is 120 Å². The monoisotopic (exact) mass is 457 g/mol. The molecule has 2 aliphatic rings. The average molecular weight is 458 g/mol. The highest BCUT2D eigenvalue weighted by molar-refractivity contribution is 9.09. The number of fused-ring (bicyclic) bond motifs is 1. The Labute approximate surface area is 185 Å². The molecule has 0 saturated heterocycles. The topological polar surface area (TPSA) is 36.4 Å². The van der Waals surface area contributed by atoms with E-state index in [0.29, 0.717) is 0 Å². The minimum absolute atomic E-state index is 0.00982. The van der Waals surface area contributed by atoms with E-state index in [-0.39, 0.29) is 22.6 Å². The second-order valence-corrected chi connectivity index (χ2v) is 9.10. The van der Waals surface area contributed by atoms with Crippen LogP contribution in [0.15, 0.2) is 89.9 Å². The standard InChI is InChI=1S/C26H24BrN3/c1-26(17-21-15-9-8-14-20(21)16-22(26)27)25-29-23(18-10-4-2-5-11-18)28-24(30-25)19-12-6-3-7-13-19/h2-17,22-23,25,29H,1H3,(H,28,30). The molecule has 1 heterocycles. The third-order valence-corrected chi connectivity index (χ3v) is 7.28. The van der Waals surface area contributed by atoms with Crippen molar-refractivity contribution >= 4 is 33.9 Å². The van der Waals surface area contributed by atoms with Gasteiger partial charge < -0.3 is 5.32 Å². The molecule has 30 heavy (non-hydrogen) atoms. The molecule has 4 heteroatoms. The Morgan fingerprint density at radius 1 is 0.833 bits per heavy atom. The van der Waals surface area contributed by atoms with E-state index in [4.69, 9.17) is 4.99 Å². The van der Waals surface area contributed by atoms with Gasteiger partial charge in [0, 0.05) is 15.8 Å². The third kappa shape index (κ3) is 3.51. The molecule has 5 rings (SSSR count). The van der Waals surface area contributed by atoms with E-state index in [1.807, 2.05) is 12.1 Å². The Morgan fingerprint density at radius 3 is 2.20 bits per heavy atom. The summed E-state index contributed by atoms with van der Waals surface area (Å²) in [6, 6.07) is 29.4. The van der Waals surface area contributed by atoms with Gasteiger partial charge in [-0.3, -0.25) is 5.32 Å². The summed E-state index contributed by atoms with van der Waals surface area (Å²) in [7, 11) is 0. The molecule has 0 saturated carbocycles. The van der Waals surface area contributed by atoms with Gasteiger partial charge in [0.05, 0.1) is 6.17 Å². The van der Waals surface area contributed by atoms with E-state index in [2.05, 4.69) is 118 Å². The fourth-order valence-electron chi connectivity index (χ4n) is 4.22. The molecule has 3 aromatic rings. The average Bonchev–Trinajstić information content (AvgIpc) is 2.81. The number of nitrogens with one attached hydrogen (secondary N) is 2. The van der Waals surface area contributed by atoms with E-state index in [1.165, 1.54) is 10.4 Å². The molecule has 1 aliphatic carbocycles. The maximum absolute atomic E-state index is 5.02. The molecule has 4 unspecified atom stereocenters. The first kappa shape index (κ1) is 19.3. The van der Waals surface area contributed by atoms with Crippen LogP contribution in [0, 0.1) is 5.41 Å². The molecule has 4 atom stereocenters. The quantitative estimate of drug-likeness (QED) is 0.588. The number of hydrogen-bond acceptors (Lipinski definition) is 3. The summed E-state index contributed by atoms with van der Waals surface area (Å²) in [5, 5.41) is 9.99. The van der Waals surface area contributed by atoms with Crippen molar-refractivity contribution < 1.29 is 0 Å². The summed E-state index contributed by atoms with van der Waals surface area (Å²) in [6.07, 6.45) is 4.56. The first-order valence-corrected chi connectivity index (χ1v) is 11.2. The van der Waals surface area contributed by atoms with Gasteiger partial charge in [0.25, 0.3) is 0 Å². The summed E-state index contributed by atoms with van der Waals surface area (Å²) < 4.78 is 0. The Kier molecular flexibility index (Phi) is 5.05. The number of halogens is 1. The molecule has 0 fully saturated rings. The highest BCUT2D eigenvalue weighted by Gasteiger charge is 2.42. The molecular formula is C26H24BrN3. The fourth-order valence-corrected chi connectivity index (χ4v) is 4.90. The van der Waals surface area contributed by atoms with Crippen molar-refractivity contribution in [2.45, 2.75) is 24.1 Å². The number of hydrogen-bond donors (Lipinski definition) is 2. The van der Waals surface area contributed by atoms with Gasteiger partial charge in [-0.05, 0) is 16.0 Å². The van der Waals surface area contributed by atoms with Crippen molar-refractivity contribution in [1.82, 2.24) is 10.6 Å². The number of amidine groups is 1. The molecule has 0 bridgehead atoms. The van der Waals surface area contributed by atoms with Crippen LogP contribution in [0.2, 0.25) is 0 Å². The second kappa shape index (κ2) is 7.86. The van der Waals surface area contributed by atoms with Crippen LogP contribution in [0.4, 0.5) is 0 Å². The Balaban J connectivity index is 1.59. The van der Waals surface area contributed by atoms with Gasteiger partial charge in [-0.25, -0.2) is 4.99 Å². The lowest BCUT2D eigenvalue weighted by molar-refractivity contribution is 0.260. The SMILES string of the molecule is CC1(C2NC(c3ccccc3)=NC(c3ccccc3)N2)C=c2ccccc2=CC1Br. The minimum Gasteiger partial charge on any atom is -0.354 e. The normalized spacial score (nSPS) is 27.7. The molecule has 2 N–H and O–H groups in total. The lowest BCUT2D eigenvalue weighted by Gasteiger charge is -2.44. The van der Waals surface area contributed by atoms with E-state index in [9.17, 15) is 0 Å². The van der Waals surface area contributed by atoms with Crippen LogP contribution >= 0.6 is 15.9 Å². The van der Waals surface area contributed by atoms with Gasteiger partial charge in [-0.15, -0.1) is 0 Å². The van der Waals surface area contributed by atoms with Crippen molar-refractivity contribution in [1.29, 1.82) is 0 Å². The zero-order chi connectivity index (χ0) is 20.6. The Hall–Kier alpha value is -2.69. The highest BCUT2D eigenvalue weighted by atomic mass is 79.9. The van der Waals surface area contributed by atoms with Crippen LogP contribution in [-0.4, -0.2) is 16.8 Å². The Bertz CT molecular complexity index is 1190. The van der Waals surface area contributed by atoms with Gasteiger partial charge in [0.2, 0.25) is 0 Å². The summed E-state index contributed by atoms with van der Waals surface area (Å²) in [5.74, 6) is 0.918. The summed E-state index contributed by atoms with van der Waals surface area (Å²) in [5.41, 5.74) is 2.06. The van der Waals surface area contributed by atoms with E-state index < -0.39 is 0 Å². The molecule has 3 nitrogen and oxygen atoms in total. The number of nitrogens with zero attached hydrogens (tertiary/aromatic N) is 1. The van der Waals surface area contributed by atoms with E-state index >= 15 is 0 Å². The predicted molar refractivity (Wildman–Crippen MR) is 128 cm³/mol. The van der Waals surface area contributed by atoms with Gasteiger partial charge in [-0.2, -0.15) is 0 Å². The molecule has 0 amide bonds. The minimum atomic E-state index is -0.197. The molecule has 0 spiro atoms. The van der Waals surface area contributed by atoms with E-state index in [0.717, 1.165) is 17.0 Å². The molecule has 150 valence electrons. The smallest absolute Gasteiger partial charge is 0.131 e. The predicted octanol–water partition coefficient (Wildman–Crippen LogP) is 3.70. The summed E-state index contributed by atoms with van der Waals surface area (Å²) in [4.78, 5) is 5.20. The number of alkyl halides is 1. The third-order valence-electron chi connectivity index (χ3n) is 6.03. The molecule has 3 aromatic carbocycles. The van der Waals surface area contributed by atoms with Gasteiger partial charge in [0.15, 0.2) is 0 Å². The fraction of sp³-hybridized carbons (Fsp3) is 0.192. The van der Waals surface area contributed by atoms with Crippen LogP contribution in [0.5, 0.6) is 0 Å².